The van der Waals surface area contributed by atoms with E-state index in [9.17, 15) is 9.90 Å². The number of amides is 1. The Morgan fingerprint density at radius 2 is 1.10 bits per heavy atom. The maximum atomic E-state index is 14.8. The summed E-state index contributed by atoms with van der Waals surface area (Å²) in [5.41, 5.74) is 12.0. The third-order valence-electron chi connectivity index (χ3n) is 9.74. The van der Waals surface area contributed by atoms with Gasteiger partial charge in [-0.3, -0.25) is 9.69 Å². The molecule has 0 saturated heterocycles. The molecule has 0 spiro atoms. The molecule has 1 amide bonds. The zero-order valence-electron chi connectivity index (χ0n) is 26.9. The van der Waals surface area contributed by atoms with Gasteiger partial charge in [0.1, 0.15) is 0 Å². The summed E-state index contributed by atoms with van der Waals surface area (Å²) in [4.78, 5) is 16.3. The Labute approximate surface area is 284 Å². The lowest BCUT2D eigenvalue weighted by molar-refractivity contribution is 0.0935. The maximum Gasteiger partial charge on any atom is 0.263 e. The molecule has 4 nitrogen and oxygen atoms in total. The molecule has 1 aromatic heterocycles. The predicted molar refractivity (Wildman–Crippen MR) is 200 cm³/mol. The summed E-state index contributed by atoms with van der Waals surface area (Å²) < 4.78 is 2.19. The van der Waals surface area contributed by atoms with Crippen LogP contribution in [-0.4, -0.2) is 15.6 Å². The highest BCUT2D eigenvalue weighted by Gasteiger charge is 2.39. The van der Waals surface area contributed by atoms with Gasteiger partial charge >= 0.3 is 0 Å². The third kappa shape index (κ3) is 4.76. The summed E-state index contributed by atoms with van der Waals surface area (Å²) in [6, 6.07) is 55.7. The second kappa shape index (κ2) is 11.5. The normalized spacial score (nSPS) is 14.1. The number of carbonyl (C=O) groups excluding carboxylic acids is 1. The molecular weight excluding hydrogens is 601 g/mol. The number of para-hydroxylation sites is 1. The van der Waals surface area contributed by atoms with Crippen LogP contribution in [0.5, 0.6) is 0 Å². The Balaban J connectivity index is 1.23. The van der Waals surface area contributed by atoms with Crippen molar-refractivity contribution in [2.24, 2.45) is 0 Å². The number of fused-ring (bicyclic) bond motifs is 4. The van der Waals surface area contributed by atoms with Crippen molar-refractivity contribution >= 4 is 33.4 Å². The van der Waals surface area contributed by atoms with Crippen LogP contribution >= 0.6 is 0 Å². The number of anilines is 1. The zero-order valence-corrected chi connectivity index (χ0v) is 26.9. The Morgan fingerprint density at radius 1 is 0.510 bits per heavy atom. The lowest BCUT2D eigenvalue weighted by atomic mass is 9.97. The largest absolute Gasteiger partial charge is 0.369 e. The number of aromatic nitrogens is 1. The lowest BCUT2D eigenvalue weighted by Gasteiger charge is -2.23. The van der Waals surface area contributed by atoms with E-state index < -0.39 is 6.23 Å². The average Bonchev–Trinajstić information content (AvgIpc) is 3.62. The highest BCUT2D eigenvalue weighted by molar-refractivity contribution is 6.16. The first-order valence-corrected chi connectivity index (χ1v) is 16.6. The van der Waals surface area contributed by atoms with Crippen molar-refractivity contribution in [3.63, 3.8) is 0 Å². The molecule has 1 aliphatic heterocycles. The Bertz CT molecular complexity index is 2480. The van der Waals surface area contributed by atoms with Crippen molar-refractivity contribution in [3.8, 4) is 39.1 Å². The fourth-order valence-corrected chi connectivity index (χ4v) is 7.32. The SMILES string of the molecule is Cc1ccc(-c2ccc3c4ccccc4n(-c4cccc5c4C(=O)N(c4cc(-c6ccccc6)cc(-c6ccccc6)c4)C5O)c3c2)cc1. The summed E-state index contributed by atoms with van der Waals surface area (Å²) in [7, 11) is 0. The van der Waals surface area contributed by atoms with Gasteiger partial charge in [-0.1, -0.05) is 133 Å². The topological polar surface area (TPSA) is 45.5 Å². The van der Waals surface area contributed by atoms with Gasteiger partial charge in [0.15, 0.2) is 6.23 Å². The van der Waals surface area contributed by atoms with E-state index in [0.717, 1.165) is 60.9 Å². The average molecular weight is 633 g/mol. The molecule has 1 unspecified atom stereocenters. The van der Waals surface area contributed by atoms with Crippen LogP contribution in [0.15, 0.2) is 164 Å². The number of rotatable bonds is 5. The smallest absolute Gasteiger partial charge is 0.263 e. The molecule has 49 heavy (non-hydrogen) atoms. The highest BCUT2D eigenvalue weighted by Crippen LogP contribution is 2.43. The van der Waals surface area contributed by atoms with E-state index >= 15 is 0 Å². The molecule has 2 heterocycles. The van der Waals surface area contributed by atoms with Crippen molar-refractivity contribution in [2.45, 2.75) is 13.2 Å². The molecule has 7 aromatic carbocycles. The van der Waals surface area contributed by atoms with Gasteiger partial charge in [-0.25, -0.2) is 0 Å². The quantitative estimate of drug-likeness (QED) is 0.205. The van der Waals surface area contributed by atoms with E-state index in [2.05, 4.69) is 102 Å². The fourth-order valence-electron chi connectivity index (χ4n) is 7.32. The standard InChI is InChI=1S/C45H32N2O2/c1-29-19-21-32(22-20-29)33-23-24-38-37-15-8-9-17-40(37)47(42(38)28-33)41-18-10-16-39-43(41)45(49)46(44(39)48)36-26-34(30-11-4-2-5-12-30)25-35(27-36)31-13-6-3-7-14-31/h2-28,44,48H,1H3. The molecular formula is C45H32N2O2. The van der Waals surface area contributed by atoms with E-state index in [1.165, 1.54) is 5.56 Å². The highest BCUT2D eigenvalue weighted by atomic mass is 16.3. The third-order valence-corrected chi connectivity index (χ3v) is 9.74. The van der Waals surface area contributed by atoms with Crippen LogP contribution in [-0.2, 0) is 0 Å². The molecule has 1 atom stereocenters. The molecule has 1 N–H and O–H groups in total. The zero-order chi connectivity index (χ0) is 33.1. The van der Waals surface area contributed by atoms with Crippen LogP contribution in [0.1, 0.15) is 27.7 Å². The van der Waals surface area contributed by atoms with E-state index in [1.54, 1.807) is 4.90 Å². The number of aliphatic hydroxyl groups excluding tert-OH is 1. The number of aliphatic hydroxyl groups is 1. The first kappa shape index (κ1) is 29.0. The van der Waals surface area contributed by atoms with Crippen LogP contribution in [0.25, 0.3) is 60.9 Å². The maximum absolute atomic E-state index is 14.8. The first-order chi connectivity index (χ1) is 24.0. The number of hydrogen-bond donors (Lipinski definition) is 1. The van der Waals surface area contributed by atoms with E-state index in [-0.39, 0.29) is 5.91 Å². The van der Waals surface area contributed by atoms with Gasteiger partial charge in [0.25, 0.3) is 5.91 Å². The monoisotopic (exact) mass is 632 g/mol. The van der Waals surface area contributed by atoms with Crippen molar-refractivity contribution in [2.75, 3.05) is 4.90 Å². The molecule has 0 fully saturated rings. The van der Waals surface area contributed by atoms with Gasteiger partial charge in [-0.05, 0) is 76.7 Å². The predicted octanol–water partition coefficient (Wildman–Crippen LogP) is 10.7. The van der Waals surface area contributed by atoms with Crippen molar-refractivity contribution in [1.29, 1.82) is 0 Å². The minimum absolute atomic E-state index is 0.233. The van der Waals surface area contributed by atoms with Crippen LogP contribution in [0.2, 0.25) is 0 Å². The van der Waals surface area contributed by atoms with Crippen LogP contribution in [0.4, 0.5) is 5.69 Å². The molecule has 4 heteroatoms. The van der Waals surface area contributed by atoms with Gasteiger partial charge < -0.3 is 9.67 Å². The molecule has 9 rings (SSSR count). The van der Waals surface area contributed by atoms with Gasteiger partial charge in [0.05, 0.1) is 22.3 Å². The fraction of sp³-hybridized carbons (Fsp3) is 0.0444. The number of hydrogen-bond acceptors (Lipinski definition) is 2. The van der Waals surface area contributed by atoms with Crippen molar-refractivity contribution < 1.29 is 9.90 Å². The van der Waals surface area contributed by atoms with Gasteiger partial charge in [0, 0.05) is 22.0 Å². The number of aryl methyl sites for hydroxylation is 1. The number of nitrogens with zero attached hydrogens (tertiary/aromatic N) is 2. The van der Waals surface area contributed by atoms with Crippen molar-refractivity contribution in [3.05, 3.63) is 180 Å². The lowest BCUT2D eigenvalue weighted by Crippen LogP contribution is -2.27. The molecule has 0 bridgehead atoms. The second-order valence-corrected chi connectivity index (χ2v) is 12.7. The Hall–Kier alpha value is -6.23. The van der Waals surface area contributed by atoms with E-state index in [0.29, 0.717) is 16.8 Å². The van der Waals surface area contributed by atoms with E-state index in [4.69, 9.17) is 0 Å². The van der Waals surface area contributed by atoms with E-state index in [1.807, 2.05) is 72.8 Å². The number of benzene rings is 7. The first-order valence-electron chi connectivity index (χ1n) is 16.6. The summed E-state index contributed by atoms with van der Waals surface area (Å²) in [5.74, 6) is -0.233. The number of carbonyl (C=O) groups is 1. The van der Waals surface area contributed by atoms with Gasteiger partial charge in [-0.2, -0.15) is 0 Å². The van der Waals surface area contributed by atoms with Crippen LogP contribution in [0.3, 0.4) is 0 Å². The summed E-state index contributed by atoms with van der Waals surface area (Å²) in [6.45, 7) is 2.09. The summed E-state index contributed by atoms with van der Waals surface area (Å²) in [5, 5.41) is 14.2. The molecule has 0 aliphatic carbocycles. The minimum atomic E-state index is -1.15. The summed E-state index contributed by atoms with van der Waals surface area (Å²) in [6.07, 6.45) is -1.15. The Kier molecular flexibility index (Phi) is 6.78. The molecule has 1 aliphatic rings. The molecule has 0 radical (unpaired) electrons. The van der Waals surface area contributed by atoms with Crippen LogP contribution in [0, 0.1) is 6.92 Å². The van der Waals surface area contributed by atoms with Crippen molar-refractivity contribution in [1.82, 2.24) is 4.57 Å². The Morgan fingerprint density at radius 3 is 1.80 bits per heavy atom. The molecule has 0 saturated carbocycles. The van der Waals surface area contributed by atoms with Gasteiger partial charge in [0.2, 0.25) is 0 Å². The van der Waals surface area contributed by atoms with Crippen LogP contribution < -0.4 is 4.90 Å². The van der Waals surface area contributed by atoms with Gasteiger partial charge in [-0.15, -0.1) is 0 Å². The summed E-state index contributed by atoms with van der Waals surface area (Å²) >= 11 is 0. The second-order valence-electron chi connectivity index (χ2n) is 12.7. The molecule has 8 aromatic rings. The minimum Gasteiger partial charge on any atom is -0.369 e. The molecule has 234 valence electrons.